The van der Waals surface area contributed by atoms with Crippen LogP contribution in [0.2, 0.25) is 0 Å². The zero-order valence-electron chi connectivity index (χ0n) is 11.7. The highest BCUT2D eigenvalue weighted by Crippen LogP contribution is 2.17. The summed E-state index contributed by atoms with van der Waals surface area (Å²) in [5.74, 6) is -2.02. The molecule has 1 saturated heterocycles. The third-order valence-corrected chi connectivity index (χ3v) is 3.11. The molecule has 8 heteroatoms. The summed E-state index contributed by atoms with van der Waals surface area (Å²) in [5.41, 5.74) is 0. The summed E-state index contributed by atoms with van der Waals surface area (Å²) in [7, 11) is 3.00. The fraction of sp³-hybridized carbons (Fsp3) is 0.667. The molecular weight excluding hydrogens is 264 g/mol. The van der Waals surface area contributed by atoms with Crippen molar-refractivity contribution in [2.24, 2.45) is 0 Å². The van der Waals surface area contributed by atoms with E-state index in [2.05, 4.69) is 16.0 Å². The number of nitrogens with one attached hydrogen (secondary N) is 3. The van der Waals surface area contributed by atoms with E-state index in [0.29, 0.717) is 13.0 Å². The van der Waals surface area contributed by atoms with Crippen LogP contribution >= 0.6 is 0 Å². The van der Waals surface area contributed by atoms with E-state index >= 15 is 0 Å². The van der Waals surface area contributed by atoms with E-state index in [0.717, 1.165) is 6.42 Å². The highest BCUT2D eigenvalue weighted by molar-refractivity contribution is 6.37. The van der Waals surface area contributed by atoms with E-state index in [-0.39, 0.29) is 19.0 Å². The van der Waals surface area contributed by atoms with Crippen molar-refractivity contribution in [1.29, 1.82) is 0 Å². The largest absolute Gasteiger partial charge is 0.353 e. The summed E-state index contributed by atoms with van der Waals surface area (Å²) < 4.78 is 0. The maximum atomic E-state index is 12.0. The van der Waals surface area contributed by atoms with Gasteiger partial charge in [-0.3, -0.25) is 19.2 Å². The molecule has 1 atom stereocenters. The lowest BCUT2D eigenvalue weighted by Gasteiger charge is -2.23. The average molecular weight is 284 g/mol. The Balaban J connectivity index is 2.51. The van der Waals surface area contributed by atoms with Crippen LogP contribution in [0, 0.1) is 0 Å². The third-order valence-electron chi connectivity index (χ3n) is 3.11. The zero-order valence-corrected chi connectivity index (χ0v) is 11.7. The average Bonchev–Trinajstić information content (AvgIpc) is 2.93. The fourth-order valence-electron chi connectivity index (χ4n) is 2.10. The number of hydrogen-bond acceptors (Lipinski definition) is 5. The highest BCUT2D eigenvalue weighted by atomic mass is 16.2. The second kappa shape index (κ2) is 7.59. The van der Waals surface area contributed by atoms with Crippen LogP contribution in [0.3, 0.4) is 0 Å². The number of hydrogen-bond donors (Lipinski definition) is 3. The van der Waals surface area contributed by atoms with Crippen LogP contribution in [-0.2, 0) is 19.2 Å². The van der Waals surface area contributed by atoms with Gasteiger partial charge in [-0.1, -0.05) is 0 Å². The topological polar surface area (TPSA) is 108 Å². The molecule has 0 radical (unpaired) electrons. The fourth-order valence-corrected chi connectivity index (χ4v) is 2.10. The molecule has 0 aliphatic carbocycles. The third kappa shape index (κ3) is 4.02. The monoisotopic (exact) mass is 284 g/mol. The van der Waals surface area contributed by atoms with Crippen LogP contribution < -0.4 is 16.0 Å². The number of carbonyl (C=O) groups is 4. The number of ketones is 1. The molecule has 1 aliphatic heterocycles. The van der Waals surface area contributed by atoms with Crippen LogP contribution in [0.4, 0.5) is 0 Å². The van der Waals surface area contributed by atoms with Crippen molar-refractivity contribution < 1.29 is 19.2 Å². The van der Waals surface area contributed by atoms with E-state index in [1.165, 1.54) is 11.9 Å². The van der Waals surface area contributed by atoms with Gasteiger partial charge < -0.3 is 20.9 Å². The van der Waals surface area contributed by atoms with Crippen molar-refractivity contribution >= 4 is 23.5 Å². The molecule has 20 heavy (non-hydrogen) atoms. The van der Waals surface area contributed by atoms with Gasteiger partial charge in [0.05, 0.1) is 13.1 Å². The lowest BCUT2D eigenvalue weighted by Crippen LogP contribution is -2.49. The van der Waals surface area contributed by atoms with Crippen LogP contribution in [-0.4, -0.2) is 68.2 Å². The molecule has 8 nitrogen and oxygen atoms in total. The minimum absolute atomic E-state index is 0.150. The summed E-state index contributed by atoms with van der Waals surface area (Å²) in [5, 5.41) is 7.34. The molecule has 1 fully saturated rings. The molecule has 0 unspecified atom stereocenters. The van der Waals surface area contributed by atoms with Crippen molar-refractivity contribution in [2.75, 3.05) is 33.7 Å². The predicted octanol–water partition coefficient (Wildman–Crippen LogP) is -2.37. The Hall–Kier alpha value is -1.96. The molecule has 0 saturated carbocycles. The van der Waals surface area contributed by atoms with Crippen LogP contribution in [0.15, 0.2) is 0 Å². The summed E-state index contributed by atoms with van der Waals surface area (Å²) in [6.45, 7) is 0.339. The predicted molar refractivity (Wildman–Crippen MR) is 70.7 cm³/mol. The van der Waals surface area contributed by atoms with Gasteiger partial charge in [0.15, 0.2) is 0 Å². The number of likely N-dealkylation sites (N-methyl/N-ethyl adjacent to an activating group) is 2. The Kier molecular flexibility index (Phi) is 6.10. The molecule has 1 rings (SSSR count). The van der Waals surface area contributed by atoms with Crippen LogP contribution in [0.25, 0.3) is 0 Å². The Morgan fingerprint density at radius 3 is 2.45 bits per heavy atom. The number of amides is 3. The molecule has 0 bridgehead atoms. The Labute approximate surface area is 117 Å². The van der Waals surface area contributed by atoms with Gasteiger partial charge in [0.25, 0.3) is 5.91 Å². The first kappa shape index (κ1) is 16.1. The minimum atomic E-state index is -0.750. The normalized spacial score (nSPS) is 17.7. The summed E-state index contributed by atoms with van der Waals surface area (Å²) in [4.78, 5) is 47.6. The summed E-state index contributed by atoms with van der Waals surface area (Å²) in [6.07, 6.45) is 1.31. The second-order valence-corrected chi connectivity index (χ2v) is 4.50. The Morgan fingerprint density at radius 2 is 1.85 bits per heavy atom. The smallest absolute Gasteiger partial charge is 0.289 e. The van der Waals surface area contributed by atoms with Gasteiger partial charge in [0, 0.05) is 13.6 Å². The minimum Gasteiger partial charge on any atom is -0.353 e. The van der Waals surface area contributed by atoms with Gasteiger partial charge in [-0.2, -0.15) is 0 Å². The molecule has 1 heterocycles. The standard InChI is InChI=1S/C12H20N4O4/c1-13-7-10(18)16-5-3-4-8(16)11(19)15-6-9(17)12(20)14-2/h8,13H,3-7H2,1-2H3,(H,14,20)(H,15,19)/t8-/m0/s1. The van der Waals surface area contributed by atoms with Gasteiger partial charge in [0.1, 0.15) is 6.04 Å². The van der Waals surface area contributed by atoms with Gasteiger partial charge in [-0.25, -0.2) is 0 Å². The quantitative estimate of drug-likeness (QED) is 0.472. The summed E-state index contributed by atoms with van der Waals surface area (Å²) >= 11 is 0. The molecule has 3 amide bonds. The Morgan fingerprint density at radius 1 is 1.15 bits per heavy atom. The Bertz CT molecular complexity index is 410. The van der Waals surface area contributed by atoms with Crippen molar-refractivity contribution in [2.45, 2.75) is 18.9 Å². The molecule has 0 aromatic carbocycles. The number of rotatable bonds is 6. The molecule has 112 valence electrons. The number of carbonyl (C=O) groups excluding carboxylic acids is 4. The van der Waals surface area contributed by atoms with Crippen LogP contribution in [0.1, 0.15) is 12.8 Å². The maximum absolute atomic E-state index is 12.0. The van der Waals surface area contributed by atoms with E-state index < -0.39 is 23.6 Å². The summed E-state index contributed by atoms with van der Waals surface area (Å²) in [6, 6.07) is -0.562. The number of nitrogens with zero attached hydrogens (tertiary/aromatic N) is 1. The van der Waals surface area contributed by atoms with E-state index in [9.17, 15) is 19.2 Å². The zero-order chi connectivity index (χ0) is 15.1. The number of likely N-dealkylation sites (tertiary alicyclic amines) is 1. The molecule has 0 aromatic heterocycles. The van der Waals surface area contributed by atoms with Gasteiger partial charge in [-0.15, -0.1) is 0 Å². The highest BCUT2D eigenvalue weighted by Gasteiger charge is 2.33. The molecule has 0 spiro atoms. The van der Waals surface area contributed by atoms with Gasteiger partial charge >= 0.3 is 0 Å². The van der Waals surface area contributed by atoms with Crippen molar-refractivity contribution in [1.82, 2.24) is 20.9 Å². The number of Topliss-reactive ketones (excluding diaryl/α,β-unsaturated/α-hetero) is 1. The van der Waals surface area contributed by atoms with Crippen molar-refractivity contribution in [3.05, 3.63) is 0 Å². The second-order valence-electron chi connectivity index (χ2n) is 4.50. The van der Waals surface area contributed by atoms with Crippen molar-refractivity contribution in [3.63, 3.8) is 0 Å². The first-order valence-corrected chi connectivity index (χ1v) is 6.48. The SMILES string of the molecule is CNCC(=O)N1CCC[C@H]1C(=O)NCC(=O)C(=O)NC. The molecule has 1 aliphatic rings. The van der Waals surface area contributed by atoms with E-state index in [4.69, 9.17) is 0 Å². The molecule has 3 N–H and O–H groups in total. The molecule has 0 aromatic rings. The first-order chi connectivity index (χ1) is 9.51. The van der Waals surface area contributed by atoms with Gasteiger partial charge in [-0.05, 0) is 19.9 Å². The lowest BCUT2D eigenvalue weighted by atomic mass is 10.2. The van der Waals surface area contributed by atoms with Crippen LogP contribution in [0.5, 0.6) is 0 Å². The maximum Gasteiger partial charge on any atom is 0.289 e. The molecular formula is C12H20N4O4. The first-order valence-electron chi connectivity index (χ1n) is 6.48. The van der Waals surface area contributed by atoms with Gasteiger partial charge in [0.2, 0.25) is 17.6 Å². The lowest BCUT2D eigenvalue weighted by molar-refractivity contribution is -0.140. The van der Waals surface area contributed by atoms with E-state index in [1.54, 1.807) is 7.05 Å². The van der Waals surface area contributed by atoms with Crippen molar-refractivity contribution in [3.8, 4) is 0 Å². The van der Waals surface area contributed by atoms with E-state index in [1.807, 2.05) is 0 Å².